The van der Waals surface area contributed by atoms with E-state index in [-0.39, 0.29) is 10.6 Å². The number of nitrogens with one attached hydrogen (secondary N) is 1. The van der Waals surface area contributed by atoms with Crippen LogP contribution in [0.2, 0.25) is 5.02 Å². The number of rotatable bonds is 5. The molecule has 1 aliphatic carbocycles. The highest BCUT2D eigenvalue weighted by Gasteiger charge is 2.34. The highest BCUT2D eigenvalue weighted by Crippen LogP contribution is 2.43. The third-order valence-electron chi connectivity index (χ3n) is 4.24. The summed E-state index contributed by atoms with van der Waals surface area (Å²) < 4.78 is 1.26. The minimum atomic E-state index is -0.249. The monoisotopic (exact) mass is 297 g/mol. The second-order valence-corrected chi connectivity index (χ2v) is 6.84. The fraction of sp³-hybridized carbons (Fsp3) is 0.733. The predicted octanol–water partition coefficient (Wildman–Crippen LogP) is 3.45. The smallest absolute Gasteiger partial charge is 0.287 e. The van der Waals surface area contributed by atoms with Crippen molar-refractivity contribution in [2.45, 2.75) is 46.0 Å². The second-order valence-electron chi connectivity index (χ2n) is 6.46. The van der Waals surface area contributed by atoms with Crippen molar-refractivity contribution < 1.29 is 0 Å². The fourth-order valence-electron chi connectivity index (χ4n) is 3.36. The molecule has 112 valence electrons. The van der Waals surface area contributed by atoms with Crippen molar-refractivity contribution in [1.82, 2.24) is 9.78 Å². The van der Waals surface area contributed by atoms with Gasteiger partial charge in [-0.25, -0.2) is 4.68 Å². The molecular weight excluding hydrogens is 274 g/mol. The lowest BCUT2D eigenvalue weighted by molar-refractivity contribution is 0.252. The van der Waals surface area contributed by atoms with Gasteiger partial charge in [-0.2, -0.15) is 5.10 Å². The summed E-state index contributed by atoms with van der Waals surface area (Å²) in [5, 5.41) is 7.62. The van der Waals surface area contributed by atoms with Gasteiger partial charge >= 0.3 is 0 Å². The minimum absolute atomic E-state index is 0.236. The number of anilines is 1. The van der Waals surface area contributed by atoms with Crippen LogP contribution < -0.4 is 10.9 Å². The lowest BCUT2D eigenvalue weighted by Crippen LogP contribution is -2.29. The van der Waals surface area contributed by atoms with Crippen LogP contribution in [-0.4, -0.2) is 16.3 Å². The molecule has 0 aliphatic heterocycles. The number of hydrogen-bond acceptors (Lipinski definition) is 3. The van der Waals surface area contributed by atoms with E-state index in [1.165, 1.54) is 36.8 Å². The molecule has 0 saturated heterocycles. The fourth-order valence-corrected chi connectivity index (χ4v) is 3.60. The quantitative estimate of drug-likeness (QED) is 0.905. The largest absolute Gasteiger partial charge is 0.382 e. The van der Waals surface area contributed by atoms with E-state index >= 15 is 0 Å². The van der Waals surface area contributed by atoms with E-state index in [4.69, 9.17) is 11.6 Å². The van der Waals surface area contributed by atoms with Gasteiger partial charge in [0.2, 0.25) is 0 Å². The molecule has 1 fully saturated rings. The molecule has 2 rings (SSSR count). The van der Waals surface area contributed by atoms with Crippen LogP contribution in [0.5, 0.6) is 0 Å². The number of halogens is 1. The van der Waals surface area contributed by atoms with Gasteiger partial charge in [-0.1, -0.05) is 38.3 Å². The maximum Gasteiger partial charge on any atom is 0.287 e. The van der Waals surface area contributed by atoms with Gasteiger partial charge in [0.05, 0.1) is 11.9 Å². The van der Waals surface area contributed by atoms with Crippen molar-refractivity contribution in [3.63, 3.8) is 0 Å². The first kappa shape index (κ1) is 15.4. The molecule has 0 spiro atoms. The van der Waals surface area contributed by atoms with Crippen LogP contribution in [0.4, 0.5) is 5.69 Å². The Labute approximate surface area is 125 Å². The van der Waals surface area contributed by atoms with Crippen LogP contribution in [0.25, 0.3) is 0 Å². The predicted molar refractivity (Wildman–Crippen MR) is 83.3 cm³/mol. The average Bonchev–Trinajstić information content (AvgIpc) is 2.83. The van der Waals surface area contributed by atoms with E-state index in [1.807, 2.05) is 0 Å². The van der Waals surface area contributed by atoms with E-state index in [0.29, 0.717) is 17.0 Å². The Morgan fingerprint density at radius 2 is 2.10 bits per heavy atom. The van der Waals surface area contributed by atoms with Gasteiger partial charge in [0.25, 0.3) is 5.56 Å². The molecule has 0 atom stereocenters. The zero-order valence-electron chi connectivity index (χ0n) is 12.6. The lowest BCUT2D eigenvalue weighted by atomic mass is 9.78. The summed E-state index contributed by atoms with van der Waals surface area (Å²) >= 11 is 6.10. The molecule has 0 unspecified atom stereocenters. The molecule has 1 aromatic rings. The lowest BCUT2D eigenvalue weighted by Gasteiger charge is -2.31. The van der Waals surface area contributed by atoms with Gasteiger partial charge < -0.3 is 5.32 Å². The summed E-state index contributed by atoms with van der Waals surface area (Å²) in [4.78, 5) is 11.8. The Morgan fingerprint density at radius 3 is 2.70 bits per heavy atom. The van der Waals surface area contributed by atoms with E-state index in [2.05, 4.69) is 24.3 Å². The summed E-state index contributed by atoms with van der Waals surface area (Å²) in [6.07, 6.45) is 7.98. The normalized spacial score (nSPS) is 17.6. The Kier molecular flexibility index (Phi) is 4.74. The van der Waals surface area contributed by atoms with Crippen molar-refractivity contribution in [3.8, 4) is 0 Å². The van der Waals surface area contributed by atoms with E-state index in [1.54, 1.807) is 13.2 Å². The Bertz CT molecular complexity index is 518. The van der Waals surface area contributed by atoms with Crippen molar-refractivity contribution in [2.24, 2.45) is 18.4 Å². The molecule has 0 amide bonds. The van der Waals surface area contributed by atoms with Gasteiger partial charge in [-0.05, 0) is 30.6 Å². The summed E-state index contributed by atoms with van der Waals surface area (Å²) in [7, 11) is 1.61. The summed E-state index contributed by atoms with van der Waals surface area (Å²) in [5.74, 6) is 0.687. The highest BCUT2D eigenvalue weighted by atomic mass is 35.5. The number of aromatic nitrogens is 2. The van der Waals surface area contributed by atoms with Crippen LogP contribution in [0.1, 0.15) is 46.0 Å². The van der Waals surface area contributed by atoms with Gasteiger partial charge in [0.15, 0.2) is 0 Å². The molecule has 20 heavy (non-hydrogen) atoms. The Morgan fingerprint density at radius 1 is 1.45 bits per heavy atom. The molecule has 1 aliphatic rings. The maximum atomic E-state index is 11.8. The first-order valence-electron chi connectivity index (χ1n) is 7.39. The second kappa shape index (κ2) is 6.17. The number of hydrogen-bond donors (Lipinski definition) is 1. The zero-order chi connectivity index (χ0) is 14.8. The number of nitrogens with zero attached hydrogens (tertiary/aromatic N) is 2. The molecule has 1 aromatic heterocycles. The number of aryl methyl sites for hydroxylation is 1. The SMILES string of the molecule is CC(C)CC1(CNc2cnn(C)c(=O)c2Cl)CCCC1. The first-order valence-corrected chi connectivity index (χ1v) is 7.77. The third-order valence-corrected chi connectivity index (χ3v) is 4.60. The van der Waals surface area contributed by atoms with Crippen molar-refractivity contribution in [3.05, 3.63) is 21.6 Å². The van der Waals surface area contributed by atoms with Crippen LogP contribution in [0.15, 0.2) is 11.0 Å². The molecule has 0 aromatic carbocycles. The van der Waals surface area contributed by atoms with E-state index in [9.17, 15) is 4.79 Å². The zero-order valence-corrected chi connectivity index (χ0v) is 13.3. The first-order chi connectivity index (χ1) is 9.43. The van der Waals surface area contributed by atoms with E-state index < -0.39 is 0 Å². The molecular formula is C15H24ClN3O. The van der Waals surface area contributed by atoms with E-state index in [0.717, 1.165) is 6.54 Å². The molecule has 1 heterocycles. The molecule has 4 nitrogen and oxygen atoms in total. The van der Waals surface area contributed by atoms with Crippen LogP contribution in [0, 0.1) is 11.3 Å². The Hall–Kier alpha value is -1.03. The molecule has 5 heteroatoms. The molecule has 1 saturated carbocycles. The van der Waals surface area contributed by atoms with Crippen molar-refractivity contribution in [2.75, 3.05) is 11.9 Å². The Balaban J connectivity index is 2.10. The topological polar surface area (TPSA) is 46.9 Å². The summed E-state index contributed by atoms with van der Waals surface area (Å²) in [5.41, 5.74) is 0.754. The van der Waals surface area contributed by atoms with Crippen molar-refractivity contribution in [1.29, 1.82) is 0 Å². The minimum Gasteiger partial charge on any atom is -0.382 e. The summed E-state index contributed by atoms with van der Waals surface area (Å²) in [6, 6.07) is 0. The van der Waals surface area contributed by atoms with Crippen LogP contribution in [-0.2, 0) is 7.05 Å². The molecule has 1 N–H and O–H groups in total. The molecule has 0 radical (unpaired) electrons. The van der Waals surface area contributed by atoms with Gasteiger partial charge in [0, 0.05) is 13.6 Å². The standard InChI is InChI=1S/C15H24ClN3O/c1-11(2)8-15(6-4-5-7-15)10-17-12-9-18-19(3)14(20)13(12)16/h9,11,17H,4-8,10H2,1-3H3. The van der Waals surface area contributed by atoms with Crippen LogP contribution in [0.3, 0.4) is 0 Å². The average molecular weight is 298 g/mol. The van der Waals surface area contributed by atoms with Gasteiger partial charge in [0.1, 0.15) is 5.02 Å². The summed E-state index contributed by atoms with van der Waals surface area (Å²) in [6.45, 7) is 5.42. The van der Waals surface area contributed by atoms with Crippen LogP contribution >= 0.6 is 11.6 Å². The molecule has 0 bridgehead atoms. The van der Waals surface area contributed by atoms with Crippen molar-refractivity contribution >= 4 is 17.3 Å². The van der Waals surface area contributed by atoms with Gasteiger partial charge in [-0.15, -0.1) is 0 Å². The maximum absolute atomic E-state index is 11.8. The highest BCUT2D eigenvalue weighted by molar-refractivity contribution is 6.32. The van der Waals surface area contributed by atoms with Gasteiger partial charge in [-0.3, -0.25) is 4.79 Å². The third kappa shape index (κ3) is 3.35.